The van der Waals surface area contributed by atoms with Gasteiger partial charge in [-0.15, -0.1) is 0 Å². The van der Waals surface area contributed by atoms with Gasteiger partial charge in [-0.05, 0) is 130 Å². The number of esters is 1. The van der Waals surface area contributed by atoms with Crippen molar-refractivity contribution in [2.24, 2.45) is 23.7 Å². The Morgan fingerprint density at radius 3 is 1.98 bits per heavy atom. The summed E-state index contributed by atoms with van der Waals surface area (Å²) in [5.74, 6) is -3.10. The second-order valence-electron chi connectivity index (χ2n) is 22.4. The van der Waals surface area contributed by atoms with Crippen molar-refractivity contribution in [1.29, 1.82) is 0 Å². The highest BCUT2D eigenvalue weighted by molar-refractivity contribution is 6.30. The zero-order valence-electron chi connectivity index (χ0n) is 49.6. The number of fused-ring (bicyclic) bond motifs is 3. The summed E-state index contributed by atoms with van der Waals surface area (Å²) < 4.78 is 18.1. The van der Waals surface area contributed by atoms with Crippen LogP contribution in [0, 0.1) is 23.7 Å². The topological polar surface area (TPSA) is 190 Å². The quantitative estimate of drug-likeness (QED) is 0.0235. The monoisotopic (exact) mass is 1120 g/mol. The number of hydrogen-bond acceptors (Lipinski definition) is 10. The summed E-state index contributed by atoms with van der Waals surface area (Å²) in [4.78, 5) is 99.3. The molecular formula is C64H90ClN5O10. The van der Waals surface area contributed by atoms with Crippen LogP contribution in [0.2, 0.25) is 5.02 Å². The van der Waals surface area contributed by atoms with Crippen LogP contribution >= 0.6 is 11.6 Å². The number of likely N-dealkylation sites (N-methyl/N-ethyl adjacent to an activating group) is 2. The number of alkyl carbamates (subject to hydrolysis) is 1. The molecule has 80 heavy (non-hydrogen) atoms. The van der Waals surface area contributed by atoms with Gasteiger partial charge in [0.15, 0.2) is 11.9 Å². The summed E-state index contributed by atoms with van der Waals surface area (Å²) in [5, 5.41) is 8.98. The number of hydrogen-bond donors (Lipinski definition) is 3. The van der Waals surface area contributed by atoms with Crippen LogP contribution in [0.1, 0.15) is 144 Å². The first-order valence-corrected chi connectivity index (χ1v) is 29.0. The highest BCUT2D eigenvalue weighted by Crippen LogP contribution is 2.44. The lowest BCUT2D eigenvalue weighted by Crippen LogP contribution is -2.57. The Bertz CT molecular complexity index is 2550. The molecule has 0 heterocycles. The lowest BCUT2D eigenvalue weighted by atomic mass is 9.96. The SMILES string of the molecule is C/C=C/[C@@H](OC(C)C(C)C)[C@@H](C)CC/C=C(\C)C(=O)O[C@H](CC(C)C)C(=O)NC(CCCCNC(=O)OCC1c2ccccc2-c2ccccc21)C(=O)N(C)[C@H](Cc1ccc(Cl)cc1)C(=O)N(C)CC(=O)N[C@H](C(C)=O)C(C)CC. The lowest BCUT2D eigenvalue weighted by Gasteiger charge is -2.34. The molecule has 438 valence electrons. The molecule has 3 aromatic rings. The average molecular weight is 1120 g/mol. The van der Waals surface area contributed by atoms with Gasteiger partial charge in [-0.3, -0.25) is 24.0 Å². The Kier molecular flexibility index (Phi) is 27.2. The van der Waals surface area contributed by atoms with Crippen molar-refractivity contribution in [3.63, 3.8) is 0 Å². The first-order valence-electron chi connectivity index (χ1n) is 28.6. The number of carbonyl (C=O) groups is 7. The molecule has 8 atom stereocenters. The highest BCUT2D eigenvalue weighted by Gasteiger charge is 2.37. The molecule has 3 aromatic carbocycles. The number of unbranched alkanes of at least 4 members (excludes halogenated alkanes) is 1. The smallest absolute Gasteiger partial charge is 0.407 e. The average Bonchev–Trinajstić information content (AvgIpc) is 3.77. The van der Waals surface area contributed by atoms with E-state index in [9.17, 15) is 28.8 Å². The summed E-state index contributed by atoms with van der Waals surface area (Å²) in [7, 11) is 2.93. The molecule has 16 heteroatoms. The van der Waals surface area contributed by atoms with Gasteiger partial charge in [-0.2, -0.15) is 0 Å². The molecule has 5 amide bonds. The molecule has 0 aromatic heterocycles. The van der Waals surface area contributed by atoms with Crippen molar-refractivity contribution in [1.82, 2.24) is 25.8 Å². The van der Waals surface area contributed by atoms with E-state index < -0.39 is 66.5 Å². The molecule has 0 spiro atoms. The number of allylic oxidation sites excluding steroid dienone is 2. The number of halogens is 1. The second-order valence-corrected chi connectivity index (χ2v) is 22.8. The molecule has 3 N–H and O–H groups in total. The minimum Gasteiger partial charge on any atom is -0.449 e. The molecule has 4 rings (SSSR count). The number of amides is 5. The van der Waals surface area contributed by atoms with Crippen molar-refractivity contribution in [2.75, 3.05) is 33.8 Å². The molecule has 0 radical (unpaired) electrons. The lowest BCUT2D eigenvalue weighted by molar-refractivity contribution is -0.154. The summed E-state index contributed by atoms with van der Waals surface area (Å²) in [6.45, 7) is 21.0. The van der Waals surface area contributed by atoms with Gasteiger partial charge in [-0.1, -0.05) is 145 Å². The van der Waals surface area contributed by atoms with E-state index in [-0.39, 0.29) is 74.1 Å². The van der Waals surface area contributed by atoms with Crippen molar-refractivity contribution in [2.45, 2.75) is 170 Å². The van der Waals surface area contributed by atoms with Crippen LogP contribution in [-0.2, 0) is 49.4 Å². The van der Waals surface area contributed by atoms with Gasteiger partial charge >= 0.3 is 12.1 Å². The van der Waals surface area contributed by atoms with Gasteiger partial charge in [0.1, 0.15) is 18.7 Å². The largest absolute Gasteiger partial charge is 0.449 e. The highest BCUT2D eigenvalue weighted by atomic mass is 35.5. The number of ether oxygens (including phenoxy) is 3. The molecular weight excluding hydrogens is 1030 g/mol. The van der Waals surface area contributed by atoms with Crippen LogP contribution in [-0.4, -0.2) is 122 Å². The van der Waals surface area contributed by atoms with Crippen molar-refractivity contribution in [3.05, 3.63) is 118 Å². The molecule has 1 aliphatic carbocycles. The normalized spacial score (nSPS) is 15.4. The number of rotatable bonds is 32. The molecule has 0 saturated heterocycles. The van der Waals surface area contributed by atoms with Gasteiger partial charge in [0, 0.05) is 43.6 Å². The van der Waals surface area contributed by atoms with Crippen LogP contribution in [0.3, 0.4) is 0 Å². The zero-order valence-corrected chi connectivity index (χ0v) is 50.4. The fraction of sp³-hybridized carbons (Fsp3) is 0.547. The fourth-order valence-corrected chi connectivity index (χ4v) is 9.87. The summed E-state index contributed by atoms with van der Waals surface area (Å²) in [6, 6.07) is 19.9. The molecule has 0 saturated carbocycles. The van der Waals surface area contributed by atoms with Crippen LogP contribution in [0.15, 0.2) is 96.6 Å². The molecule has 0 bridgehead atoms. The van der Waals surface area contributed by atoms with E-state index in [4.69, 9.17) is 25.8 Å². The first kappa shape index (κ1) is 66.2. The van der Waals surface area contributed by atoms with Crippen molar-refractivity contribution < 1.29 is 47.8 Å². The Morgan fingerprint density at radius 2 is 1.40 bits per heavy atom. The summed E-state index contributed by atoms with van der Waals surface area (Å²) >= 11 is 6.24. The molecule has 3 unspecified atom stereocenters. The summed E-state index contributed by atoms with van der Waals surface area (Å²) in [6.07, 6.45) is 6.91. The van der Waals surface area contributed by atoms with Crippen molar-refractivity contribution in [3.8, 4) is 11.1 Å². The maximum absolute atomic E-state index is 15.0. The number of benzene rings is 3. The van der Waals surface area contributed by atoms with E-state index in [1.54, 1.807) is 31.2 Å². The van der Waals surface area contributed by atoms with Gasteiger partial charge in [0.05, 0.1) is 24.8 Å². The zero-order chi connectivity index (χ0) is 59.2. The van der Waals surface area contributed by atoms with Gasteiger partial charge in [0.2, 0.25) is 17.7 Å². The van der Waals surface area contributed by atoms with Crippen LogP contribution < -0.4 is 16.0 Å². The van der Waals surface area contributed by atoms with Crippen LogP contribution in [0.25, 0.3) is 11.1 Å². The predicted octanol–water partition coefficient (Wildman–Crippen LogP) is 10.8. The Hall–Kier alpha value is -6.32. The molecule has 0 aliphatic heterocycles. The number of carbonyl (C=O) groups excluding carboxylic acids is 7. The number of nitrogens with zero attached hydrogens (tertiary/aromatic N) is 2. The van der Waals surface area contributed by atoms with E-state index in [0.717, 1.165) is 28.7 Å². The number of nitrogens with one attached hydrogen (secondary N) is 3. The molecule has 0 fully saturated rings. The third-order valence-electron chi connectivity index (χ3n) is 15.2. The standard InChI is InChI=1S/C64H90ClN5O10/c1-14-23-56(79-46(11)41(5)6)43(8)24-22-25-44(9)63(76)80-57(36-40(3)4)60(73)67-54(30-20-21-35-66-64(77)78-39-53-51-28-18-16-26-49(51)50-27-17-19-29-52(50)53)61(74)70(13)55(37-47-31-33-48(65)34-32-47)62(75)69(12)38-58(72)68-59(45(10)71)42(7)15-2/h14,16-19,23,25-29,31-34,40-43,46,53-57,59H,15,20-22,24,30,35-39H2,1-13H3,(H,66,77)(H,67,73)(H,68,72)/b23-14+,44-25+/t42?,43-,46?,54?,55+,56+,57+,59-/m0/s1. The third-order valence-corrected chi connectivity index (χ3v) is 15.4. The van der Waals surface area contributed by atoms with E-state index in [1.807, 2.05) is 83.2 Å². The van der Waals surface area contributed by atoms with Crippen LogP contribution in [0.4, 0.5) is 4.79 Å². The van der Waals surface area contributed by atoms with Gasteiger partial charge in [-0.25, -0.2) is 9.59 Å². The first-order chi connectivity index (χ1) is 38.0. The Balaban J connectivity index is 1.55. The molecule has 15 nitrogen and oxygen atoms in total. The third kappa shape index (κ3) is 20.0. The van der Waals surface area contributed by atoms with E-state index in [1.165, 1.54) is 30.8 Å². The minimum absolute atomic E-state index is 0.0237. The van der Waals surface area contributed by atoms with Crippen LogP contribution in [0.5, 0.6) is 0 Å². The second kappa shape index (κ2) is 32.8. The van der Waals surface area contributed by atoms with E-state index in [0.29, 0.717) is 47.8 Å². The number of ketones is 1. The molecule has 1 aliphatic rings. The minimum atomic E-state index is -1.27. The summed E-state index contributed by atoms with van der Waals surface area (Å²) in [5.41, 5.74) is 5.42. The van der Waals surface area contributed by atoms with E-state index in [2.05, 4.69) is 61.9 Å². The van der Waals surface area contributed by atoms with E-state index >= 15 is 4.79 Å². The predicted molar refractivity (Wildman–Crippen MR) is 316 cm³/mol. The number of Topliss-reactive ketones (excluding diaryl/α,β-unsaturated/α-hetero) is 1. The Morgan fingerprint density at radius 1 is 0.775 bits per heavy atom. The van der Waals surface area contributed by atoms with Crippen molar-refractivity contribution >= 4 is 53.1 Å². The maximum atomic E-state index is 15.0. The maximum Gasteiger partial charge on any atom is 0.407 e. The van der Waals surface area contributed by atoms with Gasteiger partial charge < -0.3 is 40.0 Å². The fourth-order valence-electron chi connectivity index (χ4n) is 9.75. The Labute approximate surface area is 481 Å². The van der Waals surface area contributed by atoms with Gasteiger partial charge in [0.25, 0.3) is 5.91 Å².